The fourth-order valence-corrected chi connectivity index (χ4v) is 3.69. The Morgan fingerprint density at radius 1 is 1.30 bits per heavy atom. The van der Waals surface area contributed by atoms with Gasteiger partial charge in [0.2, 0.25) is 0 Å². The van der Waals surface area contributed by atoms with Crippen LogP contribution in [-0.2, 0) is 13.0 Å². The van der Waals surface area contributed by atoms with Crippen molar-refractivity contribution in [2.24, 2.45) is 0 Å². The Hall–Kier alpha value is -2.34. The summed E-state index contributed by atoms with van der Waals surface area (Å²) >= 11 is 6.34. The van der Waals surface area contributed by atoms with Crippen molar-refractivity contribution < 1.29 is 13.9 Å². The lowest BCUT2D eigenvalue weighted by atomic mass is 9.97. The molecule has 1 aliphatic rings. The summed E-state index contributed by atoms with van der Waals surface area (Å²) in [5.41, 5.74) is 2.73. The van der Waals surface area contributed by atoms with Gasteiger partial charge in [0.1, 0.15) is 0 Å². The standard InChI is InChI=1S/C20H22ClFN2O3/c1-10(2)27-18-15(22)8-13-5-6-24(20(26)16(13)17(18)21)9-14-11(3)7-12(4)23-19(14)25/h7-8,10H,5-6,9H2,1-4H3,(H,23,25). The number of carbonyl (C=O) groups is 1. The highest BCUT2D eigenvalue weighted by Crippen LogP contribution is 2.37. The van der Waals surface area contributed by atoms with Crippen LogP contribution in [0.1, 0.15) is 46.6 Å². The number of nitrogens with one attached hydrogen (secondary N) is 1. The lowest BCUT2D eigenvalue weighted by Crippen LogP contribution is -2.39. The van der Waals surface area contributed by atoms with Gasteiger partial charge >= 0.3 is 0 Å². The molecule has 0 unspecified atom stereocenters. The molecule has 0 atom stereocenters. The van der Waals surface area contributed by atoms with E-state index < -0.39 is 5.82 Å². The fraction of sp³-hybridized carbons (Fsp3) is 0.400. The van der Waals surface area contributed by atoms with E-state index in [1.807, 2.05) is 19.9 Å². The van der Waals surface area contributed by atoms with Crippen molar-refractivity contribution in [1.29, 1.82) is 0 Å². The molecule has 5 nitrogen and oxygen atoms in total. The Labute approximate surface area is 162 Å². The van der Waals surface area contributed by atoms with E-state index in [2.05, 4.69) is 4.98 Å². The van der Waals surface area contributed by atoms with Crippen LogP contribution in [0.4, 0.5) is 4.39 Å². The maximum absolute atomic E-state index is 14.3. The van der Waals surface area contributed by atoms with E-state index in [4.69, 9.17) is 16.3 Å². The molecule has 144 valence electrons. The smallest absolute Gasteiger partial charge is 0.256 e. The van der Waals surface area contributed by atoms with Gasteiger partial charge in [-0.15, -0.1) is 0 Å². The van der Waals surface area contributed by atoms with Crippen LogP contribution >= 0.6 is 11.6 Å². The molecule has 0 aliphatic carbocycles. The highest BCUT2D eigenvalue weighted by Gasteiger charge is 2.31. The molecular formula is C20H22ClFN2O3. The van der Waals surface area contributed by atoms with E-state index in [-0.39, 0.29) is 40.5 Å². The summed E-state index contributed by atoms with van der Waals surface area (Å²) in [5.74, 6) is -1.00. The second-order valence-electron chi connectivity index (χ2n) is 7.12. The Balaban J connectivity index is 1.98. The first-order valence-electron chi connectivity index (χ1n) is 8.85. The average molecular weight is 393 g/mol. The number of benzene rings is 1. The van der Waals surface area contributed by atoms with Gasteiger partial charge in [-0.2, -0.15) is 0 Å². The number of nitrogens with zero attached hydrogens (tertiary/aromatic N) is 1. The largest absolute Gasteiger partial charge is 0.486 e. The van der Waals surface area contributed by atoms with Gasteiger partial charge < -0.3 is 14.6 Å². The van der Waals surface area contributed by atoms with Crippen molar-refractivity contribution in [3.63, 3.8) is 0 Å². The minimum absolute atomic E-state index is 0.0112. The van der Waals surface area contributed by atoms with Gasteiger partial charge in [0.25, 0.3) is 11.5 Å². The molecule has 0 fully saturated rings. The van der Waals surface area contributed by atoms with E-state index in [9.17, 15) is 14.0 Å². The van der Waals surface area contributed by atoms with Crippen LogP contribution in [0, 0.1) is 19.7 Å². The van der Waals surface area contributed by atoms with E-state index in [1.54, 1.807) is 18.7 Å². The minimum atomic E-state index is -0.570. The van der Waals surface area contributed by atoms with E-state index in [0.717, 1.165) is 11.3 Å². The van der Waals surface area contributed by atoms with Gasteiger partial charge in [0.05, 0.1) is 23.2 Å². The quantitative estimate of drug-likeness (QED) is 0.861. The molecule has 0 saturated heterocycles. The van der Waals surface area contributed by atoms with Crippen LogP contribution in [0.3, 0.4) is 0 Å². The van der Waals surface area contributed by atoms with Crippen molar-refractivity contribution in [3.05, 3.63) is 61.3 Å². The summed E-state index contributed by atoms with van der Waals surface area (Å²) in [6.07, 6.45) is 0.182. The SMILES string of the molecule is Cc1cc(C)c(CN2CCc3cc(F)c(OC(C)C)c(Cl)c3C2=O)c(=O)[nH]1. The lowest BCUT2D eigenvalue weighted by Gasteiger charge is -2.30. The van der Waals surface area contributed by atoms with Gasteiger partial charge in [-0.05, 0) is 57.4 Å². The summed E-state index contributed by atoms with van der Waals surface area (Å²) in [7, 11) is 0. The predicted octanol–water partition coefficient (Wildman–Crippen LogP) is 3.77. The number of amides is 1. The van der Waals surface area contributed by atoms with Crippen LogP contribution < -0.4 is 10.3 Å². The van der Waals surface area contributed by atoms with E-state index in [0.29, 0.717) is 24.1 Å². The minimum Gasteiger partial charge on any atom is -0.486 e. The third kappa shape index (κ3) is 3.72. The molecule has 1 aliphatic heterocycles. The van der Waals surface area contributed by atoms with Crippen LogP contribution in [0.5, 0.6) is 5.75 Å². The number of pyridine rings is 1. The number of fused-ring (bicyclic) bond motifs is 1. The molecule has 1 N–H and O–H groups in total. The zero-order valence-corrected chi connectivity index (χ0v) is 16.5. The van der Waals surface area contributed by atoms with Crippen LogP contribution in [-0.4, -0.2) is 28.4 Å². The molecule has 0 spiro atoms. The molecule has 2 heterocycles. The number of carbonyl (C=O) groups excluding carboxylic acids is 1. The summed E-state index contributed by atoms with van der Waals surface area (Å²) in [4.78, 5) is 29.6. The first kappa shape index (κ1) is 19.4. The molecule has 7 heteroatoms. The zero-order valence-electron chi connectivity index (χ0n) is 15.8. The number of rotatable bonds is 4. The van der Waals surface area contributed by atoms with Crippen molar-refractivity contribution in [2.75, 3.05) is 6.54 Å². The van der Waals surface area contributed by atoms with Gasteiger partial charge in [-0.25, -0.2) is 4.39 Å². The number of hydrogen-bond donors (Lipinski definition) is 1. The highest BCUT2D eigenvalue weighted by molar-refractivity contribution is 6.35. The van der Waals surface area contributed by atoms with E-state index in [1.165, 1.54) is 6.07 Å². The number of ether oxygens (including phenoxy) is 1. The van der Waals surface area contributed by atoms with E-state index >= 15 is 0 Å². The molecule has 1 aromatic carbocycles. The van der Waals surface area contributed by atoms with Crippen molar-refractivity contribution >= 4 is 17.5 Å². The molecular weight excluding hydrogens is 371 g/mol. The Bertz CT molecular complexity index is 969. The number of aryl methyl sites for hydroxylation is 2. The van der Waals surface area contributed by atoms with Crippen LogP contribution in [0.2, 0.25) is 5.02 Å². The maximum atomic E-state index is 14.3. The van der Waals surface area contributed by atoms with Crippen molar-refractivity contribution in [1.82, 2.24) is 9.88 Å². The third-order valence-corrected chi connectivity index (χ3v) is 4.97. The van der Waals surface area contributed by atoms with Gasteiger partial charge in [0.15, 0.2) is 11.6 Å². The van der Waals surface area contributed by atoms with Crippen molar-refractivity contribution in [2.45, 2.75) is 46.8 Å². The average Bonchev–Trinajstić information content (AvgIpc) is 2.56. The number of halogens is 2. The zero-order chi connectivity index (χ0) is 19.9. The van der Waals surface area contributed by atoms with Crippen LogP contribution in [0.15, 0.2) is 16.9 Å². The fourth-order valence-electron chi connectivity index (χ4n) is 3.36. The molecule has 3 rings (SSSR count). The number of aromatic amines is 1. The topological polar surface area (TPSA) is 62.4 Å². The Morgan fingerprint density at radius 2 is 2.00 bits per heavy atom. The summed E-state index contributed by atoms with van der Waals surface area (Å²) < 4.78 is 19.8. The Kier molecular flexibility index (Phi) is 5.29. The Morgan fingerprint density at radius 3 is 2.63 bits per heavy atom. The summed E-state index contributed by atoms with van der Waals surface area (Å²) in [5, 5.41) is -0.0112. The maximum Gasteiger partial charge on any atom is 0.256 e. The van der Waals surface area contributed by atoms with Gasteiger partial charge in [-0.3, -0.25) is 9.59 Å². The van der Waals surface area contributed by atoms with Gasteiger partial charge in [-0.1, -0.05) is 11.6 Å². The molecule has 27 heavy (non-hydrogen) atoms. The first-order valence-corrected chi connectivity index (χ1v) is 9.23. The summed E-state index contributed by atoms with van der Waals surface area (Å²) in [6, 6.07) is 3.19. The highest BCUT2D eigenvalue weighted by atomic mass is 35.5. The molecule has 0 saturated carbocycles. The summed E-state index contributed by atoms with van der Waals surface area (Å²) in [6.45, 7) is 7.74. The monoisotopic (exact) mass is 392 g/mol. The molecule has 1 amide bonds. The predicted molar refractivity (Wildman–Crippen MR) is 102 cm³/mol. The number of hydrogen-bond acceptors (Lipinski definition) is 3. The lowest BCUT2D eigenvalue weighted by molar-refractivity contribution is 0.0725. The third-order valence-electron chi connectivity index (χ3n) is 4.61. The molecule has 2 aromatic rings. The number of H-pyrrole nitrogens is 1. The molecule has 1 aromatic heterocycles. The molecule has 0 radical (unpaired) electrons. The normalized spacial score (nSPS) is 13.9. The van der Waals surface area contributed by atoms with Gasteiger partial charge in [0, 0.05) is 17.8 Å². The van der Waals surface area contributed by atoms with Crippen LogP contribution in [0.25, 0.3) is 0 Å². The second-order valence-corrected chi connectivity index (χ2v) is 7.50. The van der Waals surface area contributed by atoms with Crippen molar-refractivity contribution in [3.8, 4) is 5.75 Å². The molecule has 0 bridgehead atoms. The second kappa shape index (κ2) is 7.35. The number of aromatic nitrogens is 1. The first-order chi connectivity index (χ1) is 12.7.